The maximum Gasteiger partial charge on any atom is 0.130 e. The van der Waals surface area contributed by atoms with Crippen LogP contribution in [0.3, 0.4) is 0 Å². The van der Waals surface area contributed by atoms with Crippen LogP contribution >= 0.6 is 0 Å². The number of likely N-dealkylation sites (tertiary alicyclic amines) is 1. The zero-order valence-corrected chi connectivity index (χ0v) is 25.2. The fourth-order valence-corrected chi connectivity index (χ4v) is 4.95. The van der Waals surface area contributed by atoms with E-state index in [9.17, 15) is 4.39 Å². The van der Waals surface area contributed by atoms with Crippen molar-refractivity contribution in [2.75, 3.05) is 19.6 Å². The van der Waals surface area contributed by atoms with Crippen LogP contribution in [0.4, 0.5) is 4.39 Å². The minimum absolute atomic E-state index is 0.413. The topological polar surface area (TPSA) is 3.24 Å². The highest BCUT2D eigenvalue weighted by molar-refractivity contribution is 5.57. The molecule has 0 saturated carbocycles. The van der Waals surface area contributed by atoms with E-state index >= 15 is 0 Å². The van der Waals surface area contributed by atoms with Gasteiger partial charge < -0.3 is 4.90 Å². The van der Waals surface area contributed by atoms with E-state index in [0.29, 0.717) is 11.0 Å². The van der Waals surface area contributed by atoms with E-state index in [4.69, 9.17) is 0 Å². The lowest BCUT2D eigenvalue weighted by molar-refractivity contribution is 0.117. The first-order valence-corrected chi connectivity index (χ1v) is 14.4. The number of unbranched alkanes of at least 4 members (excludes halogenated alkanes) is 2. The Morgan fingerprint density at radius 1 is 1.05 bits per heavy atom. The van der Waals surface area contributed by atoms with Crippen molar-refractivity contribution in [1.82, 2.24) is 4.90 Å². The predicted octanol–water partition coefficient (Wildman–Crippen LogP) is 10.2. The Morgan fingerprint density at radius 2 is 1.68 bits per heavy atom. The number of rotatable bonds is 12. The molecule has 37 heavy (non-hydrogen) atoms. The molecule has 1 aromatic rings. The van der Waals surface area contributed by atoms with Crippen molar-refractivity contribution in [3.8, 4) is 0 Å². The number of hydrogen-bond donors (Lipinski definition) is 0. The summed E-state index contributed by atoms with van der Waals surface area (Å²) >= 11 is 0. The molecule has 1 aliphatic rings. The van der Waals surface area contributed by atoms with Gasteiger partial charge in [0.1, 0.15) is 5.67 Å². The second kappa shape index (κ2) is 16.6. The van der Waals surface area contributed by atoms with Crippen molar-refractivity contribution in [2.45, 2.75) is 99.6 Å². The Bertz CT molecular complexity index is 916. The van der Waals surface area contributed by atoms with E-state index in [2.05, 4.69) is 73.9 Å². The normalized spacial score (nSPS) is 17.5. The Labute approximate surface area is 228 Å². The molecule has 0 atom stereocenters. The lowest BCUT2D eigenvalue weighted by Crippen LogP contribution is -2.40. The molecule has 0 aromatic heterocycles. The first-order chi connectivity index (χ1) is 17.6. The molecule has 206 valence electrons. The van der Waals surface area contributed by atoms with Crippen molar-refractivity contribution in [3.05, 3.63) is 95.1 Å². The molecule has 1 fully saturated rings. The zero-order valence-electron chi connectivity index (χ0n) is 25.2. The number of benzene rings is 1. The molecule has 0 unspecified atom stereocenters. The monoisotopic (exact) mass is 507 g/mol. The number of allylic oxidation sites excluding steroid dienone is 9. The maximum absolute atomic E-state index is 14.9. The predicted molar refractivity (Wildman–Crippen MR) is 164 cm³/mol. The summed E-state index contributed by atoms with van der Waals surface area (Å²) in [5.41, 5.74) is 4.15. The molecule has 0 N–H and O–H groups in total. The van der Waals surface area contributed by atoms with E-state index < -0.39 is 5.67 Å². The van der Waals surface area contributed by atoms with Crippen LogP contribution < -0.4 is 0 Å². The molecular weight excluding hydrogens is 453 g/mol. The number of piperidine rings is 1. The summed E-state index contributed by atoms with van der Waals surface area (Å²) in [7, 11) is 0. The molecule has 0 spiro atoms. The van der Waals surface area contributed by atoms with Gasteiger partial charge in [0.15, 0.2) is 0 Å². The third-order valence-electron chi connectivity index (χ3n) is 7.40. The van der Waals surface area contributed by atoms with Gasteiger partial charge in [0.05, 0.1) is 0 Å². The molecular formula is C35H54FN. The smallest absolute Gasteiger partial charge is 0.130 e. The highest BCUT2D eigenvalue weighted by Gasteiger charge is 2.30. The average Bonchev–Trinajstić information content (AvgIpc) is 2.88. The van der Waals surface area contributed by atoms with Gasteiger partial charge in [-0.3, -0.25) is 0 Å². The van der Waals surface area contributed by atoms with Gasteiger partial charge in [-0.1, -0.05) is 88.1 Å². The summed E-state index contributed by atoms with van der Waals surface area (Å²) in [5, 5.41) is 0. The Hall–Kier alpha value is -2.19. The van der Waals surface area contributed by atoms with E-state index in [0.717, 1.165) is 36.1 Å². The molecule has 0 radical (unpaired) electrons. The molecule has 1 saturated heterocycles. The Morgan fingerprint density at radius 3 is 2.22 bits per heavy atom. The molecule has 2 heteroatoms. The van der Waals surface area contributed by atoms with Crippen LogP contribution in [-0.4, -0.2) is 30.2 Å². The van der Waals surface area contributed by atoms with Gasteiger partial charge in [-0.05, 0) is 126 Å². The van der Waals surface area contributed by atoms with Crippen molar-refractivity contribution >= 4 is 0 Å². The standard InChI is InChI=1S/C33H48FN.C2H6/c1-8-10-17-27(3)30(9-2)31(28(4)32(5,6)34)20-15-12-16-23-35-24-21-33(7,22-25-35)26-29-18-13-11-14-19-29;1-2/h8-11,13-14,17-20H,4,12,15-16,21-26H2,1-3,5-7H3;1-2H3/b10-8-,27-17-,30-9+,31-20-;. The summed E-state index contributed by atoms with van der Waals surface area (Å²) in [6.45, 7) is 23.4. The molecule has 1 nitrogen and oxygen atoms in total. The van der Waals surface area contributed by atoms with Crippen LogP contribution in [0.2, 0.25) is 0 Å². The van der Waals surface area contributed by atoms with Crippen LogP contribution in [0, 0.1) is 5.41 Å². The second-order valence-corrected chi connectivity index (χ2v) is 11.0. The molecule has 2 rings (SSSR count). The van der Waals surface area contributed by atoms with Crippen LogP contribution in [0.1, 0.15) is 93.1 Å². The van der Waals surface area contributed by atoms with Gasteiger partial charge in [-0.2, -0.15) is 0 Å². The van der Waals surface area contributed by atoms with Gasteiger partial charge in [0.2, 0.25) is 0 Å². The van der Waals surface area contributed by atoms with E-state index in [1.165, 1.54) is 44.3 Å². The van der Waals surface area contributed by atoms with Gasteiger partial charge in [0.25, 0.3) is 0 Å². The van der Waals surface area contributed by atoms with E-state index in [1.54, 1.807) is 13.8 Å². The van der Waals surface area contributed by atoms with Crippen molar-refractivity contribution in [3.63, 3.8) is 0 Å². The number of nitrogens with zero attached hydrogens (tertiary/aromatic N) is 1. The number of hydrogen-bond acceptors (Lipinski definition) is 1. The van der Waals surface area contributed by atoms with Crippen LogP contribution in [0.15, 0.2) is 89.6 Å². The van der Waals surface area contributed by atoms with Gasteiger partial charge >= 0.3 is 0 Å². The summed E-state index contributed by atoms with van der Waals surface area (Å²) < 4.78 is 14.9. The van der Waals surface area contributed by atoms with Crippen LogP contribution in [-0.2, 0) is 6.42 Å². The van der Waals surface area contributed by atoms with Crippen molar-refractivity contribution in [1.29, 1.82) is 0 Å². The lowest BCUT2D eigenvalue weighted by Gasteiger charge is -2.39. The van der Waals surface area contributed by atoms with E-state index in [-0.39, 0.29) is 0 Å². The fraction of sp³-hybridized carbons (Fsp3) is 0.543. The quantitative estimate of drug-likeness (QED) is 0.201. The second-order valence-electron chi connectivity index (χ2n) is 11.0. The molecule has 1 heterocycles. The van der Waals surface area contributed by atoms with Gasteiger partial charge in [0, 0.05) is 0 Å². The molecule has 0 bridgehead atoms. The zero-order chi connectivity index (χ0) is 27.9. The Balaban J connectivity index is 0.00000334. The summed E-state index contributed by atoms with van der Waals surface area (Å²) in [5.74, 6) is 0. The third-order valence-corrected chi connectivity index (χ3v) is 7.40. The molecule has 0 amide bonds. The van der Waals surface area contributed by atoms with Crippen molar-refractivity contribution in [2.24, 2.45) is 5.41 Å². The minimum Gasteiger partial charge on any atom is -0.303 e. The first-order valence-electron chi connectivity index (χ1n) is 14.4. The highest BCUT2D eigenvalue weighted by atomic mass is 19.1. The van der Waals surface area contributed by atoms with Crippen LogP contribution in [0.5, 0.6) is 0 Å². The summed E-state index contributed by atoms with van der Waals surface area (Å²) in [6.07, 6.45) is 17.3. The number of alkyl halides is 1. The van der Waals surface area contributed by atoms with E-state index in [1.807, 2.05) is 39.8 Å². The highest BCUT2D eigenvalue weighted by Crippen LogP contribution is 2.35. The average molecular weight is 508 g/mol. The largest absolute Gasteiger partial charge is 0.303 e. The lowest BCUT2D eigenvalue weighted by atomic mass is 9.75. The molecule has 1 aliphatic heterocycles. The van der Waals surface area contributed by atoms with Gasteiger partial charge in [-0.25, -0.2) is 4.39 Å². The fourth-order valence-electron chi connectivity index (χ4n) is 4.95. The maximum atomic E-state index is 14.9. The van der Waals surface area contributed by atoms with Crippen molar-refractivity contribution < 1.29 is 4.39 Å². The summed E-state index contributed by atoms with van der Waals surface area (Å²) in [6, 6.07) is 10.9. The molecule has 1 aromatic carbocycles. The number of halogens is 1. The first kappa shape index (κ1) is 32.8. The summed E-state index contributed by atoms with van der Waals surface area (Å²) in [4.78, 5) is 2.63. The third kappa shape index (κ3) is 11.4. The Kier molecular flexibility index (Phi) is 14.7. The SMILES string of the molecule is C=C(C(=C/CCCCN1CCC(C)(Cc2ccccc2)CC1)/C(=C/C)C(/C)=C\C=C/C)C(C)(C)F.CC. The van der Waals surface area contributed by atoms with Crippen LogP contribution in [0.25, 0.3) is 0 Å². The van der Waals surface area contributed by atoms with Gasteiger partial charge in [-0.15, -0.1) is 0 Å². The molecule has 0 aliphatic carbocycles. The minimum atomic E-state index is -1.44.